The topological polar surface area (TPSA) is 107 Å². The van der Waals surface area contributed by atoms with Crippen LogP contribution in [0.1, 0.15) is 34.8 Å². The summed E-state index contributed by atoms with van der Waals surface area (Å²) in [6.45, 7) is 1.36. The van der Waals surface area contributed by atoms with Crippen molar-refractivity contribution in [1.82, 2.24) is 20.2 Å². The van der Waals surface area contributed by atoms with Crippen LogP contribution in [0.4, 0.5) is 19.1 Å². The van der Waals surface area contributed by atoms with Crippen LogP contribution in [0.3, 0.4) is 0 Å². The van der Waals surface area contributed by atoms with Crippen LogP contribution in [-0.2, 0) is 29.5 Å². The SMILES string of the molecule is CC1CCc2c(C(=O)Nc3nnnn3C)ccc(C(F)(F)F)c2S1(=O)=O. The van der Waals surface area contributed by atoms with E-state index in [9.17, 15) is 26.4 Å². The van der Waals surface area contributed by atoms with Gasteiger partial charge in [-0.05, 0) is 47.9 Å². The predicted octanol–water partition coefficient (Wildman–Crippen LogP) is 1.59. The summed E-state index contributed by atoms with van der Waals surface area (Å²) in [6, 6.07) is 1.60. The molecule has 0 fully saturated rings. The molecule has 0 saturated heterocycles. The quantitative estimate of drug-likeness (QED) is 0.836. The van der Waals surface area contributed by atoms with Gasteiger partial charge in [-0.3, -0.25) is 10.1 Å². The molecular formula is C14H14F3N5O3S. The number of carbonyl (C=O) groups is 1. The number of sulfone groups is 1. The molecule has 1 aliphatic rings. The molecule has 140 valence electrons. The molecule has 1 aromatic heterocycles. The number of aromatic nitrogens is 4. The van der Waals surface area contributed by atoms with Crippen LogP contribution >= 0.6 is 0 Å². The van der Waals surface area contributed by atoms with E-state index in [1.54, 1.807) is 0 Å². The zero-order valence-electron chi connectivity index (χ0n) is 13.7. The third-order valence-electron chi connectivity index (χ3n) is 4.27. The van der Waals surface area contributed by atoms with Crippen LogP contribution in [0.25, 0.3) is 0 Å². The summed E-state index contributed by atoms with van der Waals surface area (Å²) in [4.78, 5) is 11.7. The largest absolute Gasteiger partial charge is 0.417 e. The average Bonchev–Trinajstić information content (AvgIpc) is 2.94. The van der Waals surface area contributed by atoms with Crippen LogP contribution in [0.5, 0.6) is 0 Å². The number of nitrogens with zero attached hydrogens (tertiary/aromatic N) is 4. The van der Waals surface area contributed by atoms with Crippen molar-refractivity contribution in [2.45, 2.75) is 36.1 Å². The Kier molecular flexibility index (Phi) is 4.25. The Hall–Kier alpha value is -2.50. The molecule has 2 heterocycles. The second-order valence-electron chi connectivity index (χ2n) is 5.94. The molecule has 0 saturated carbocycles. The van der Waals surface area contributed by atoms with Crippen molar-refractivity contribution in [2.75, 3.05) is 5.32 Å². The lowest BCUT2D eigenvalue weighted by molar-refractivity contribution is -0.140. The first-order chi connectivity index (χ1) is 12.0. The molecule has 3 rings (SSSR count). The van der Waals surface area contributed by atoms with Gasteiger partial charge in [-0.25, -0.2) is 13.1 Å². The summed E-state index contributed by atoms with van der Waals surface area (Å²) in [7, 11) is -2.74. The Morgan fingerprint density at radius 2 is 2.04 bits per heavy atom. The molecule has 8 nitrogen and oxygen atoms in total. The van der Waals surface area contributed by atoms with Crippen LogP contribution in [0.2, 0.25) is 0 Å². The normalized spacial score (nSPS) is 19.0. The van der Waals surface area contributed by atoms with E-state index in [1.807, 2.05) is 0 Å². The monoisotopic (exact) mass is 389 g/mol. The van der Waals surface area contributed by atoms with Gasteiger partial charge in [0.1, 0.15) is 0 Å². The second kappa shape index (κ2) is 6.04. The molecule has 1 amide bonds. The highest BCUT2D eigenvalue weighted by atomic mass is 32.2. The molecular weight excluding hydrogens is 375 g/mol. The predicted molar refractivity (Wildman–Crippen MR) is 83.2 cm³/mol. The van der Waals surface area contributed by atoms with E-state index in [1.165, 1.54) is 14.0 Å². The maximum atomic E-state index is 13.3. The van der Waals surface area contributed by atoms with Crippen molar-refractivity contribution >= 4 is 21.7 Å². The summed E-state index contributed by atoms with van der Waals surface area (Å²) in [5.41, 5.74) is -1.53. The number of halogens is 3. The van der Waals surface area contributed by atoms with Crippen molar-refractivity contribution in [3.8, 4) is 0 Å². The summed E-state index contributed by atoms with van der Waals surface area (Å²) in [6.07, 6.45) is -4.68. The molecule has 26 heavy (non-hydrogen) atoms. The molecule has 1 aliphatic heterocycles. The number of alkyl halides is 3. The lowest BCUT2D eigenvalue weighted by Crippen LogP contribution is -2.30. The molecule has 2 aromatic rings. The van der Waals surface area contributed by atoms with Crippen LogP contribution in [0, 0.1) is 0 Å². The first kappa shape index (κ1) is 18.3. The molecule has 0 bridgehead atoms. The van der Waals surface area contributed by atoms with Crippen LogP contribution in [0.15, 0.2) is 17.0 Å². The fraction of sp³-hybridized carbons (Fsp3) is 0.429. The molecule has 1 N–H and O–H groups in total. The summed E-state index contributed by atoms with van der Waals surface area (Å²) < 4.78 is 66.3. The minimum absolute atomic E-state index is 0.0179. The van der Waals surface area contributed by atoms with Crippen molar-refractivity contribution in [3.05, 3.63) is 28.8 Å². The number of rotatable bonds is 2. The highest BCUT2D eigenvalue weighted by Crippen LogP contribution is 2.41. The fourth-order valence-electron chi connectivity index (χ4n) is 2.85. The molecule has 0 aliphatic carbocycles. The Morgan fingerprint density at radius 3 is 2.62 bits per heavy atom. The minimum Gasteiger partial charge on any atom is -0.289 e. The van der Waals surface area contributed by atoms with E-state index in [0.29, 0.717) is 6.07 Å². The number of carbonyl (C=O) groups excluding carboxylic acids is 1. The number of nitrogens with one attached hydrogen (secondary N) is 1. The number of hydrogen-bond donors (Lipinski definition) is 1. The lowest BCUT2D eigenvalue weighted by Gasteiger charge is -2.27. The molecule has 12 heteroatoms. The Bertz CT molecular complexity index is 984. The minimum atomic E-state index is -4.85. The smallest absolute Gasteiger partial charge is 0.289 e. The maximum absolute atomic E-state index is 13.3. The summed E-state index contributed by atoms with van der Waals surface area (Å²) in [5, 5.41) is 11.8. The summed E-state index contributed by atoms with van der Waals surface area (Å²) in [5.74, 6) is -0.798. The van der Waals surface area contributed by atoms with E-state index in [2.05, 4.69) is 20.8 Å². The number of benzene rings is 1. The van der Waals surface area contributed by atoms with Gasteiger partial charge in [0.2, 0.25) is 5.95 Å². The summed E-state index contributed by atoms with van der Waals surface area (Å²) >= 11 is 0. The number of hydrogen-bond acceptors (Lipinski definition) is 6. The van der Waals surface area contributed by atoms with Crippen molar-refractivity contribution in [2.24, 2.45) is 7.05 Å². The maximum Gasteiger partial charge on any atom is 0.417 e. The molecule has 0 radical (unpaired) electrons. The average molecular weight is 389 g/mol. The van der Waals surface area contributed by atoms with Gasteiger partial charge in [-0.2, -0.15) is 13.2 Å². The number of fused-ring (bicyclic) bond motifs is 1. The number of tetrazole rings is 1. The van der Waals surface area contributed by atoms with Gasteiger partial charge < -0.3 is 0 Å². The van der Waals surface area contributed by atoms with E-state index in [0.717, 1.165) is 10.7 Å². The van der Waals surface area contributed by atoms with Gasteiger partial charge in [0.15, 0.2) is 9.84 Å². The van der Waals surface area contributed by atoms with E-state index >= 15 is 0 Å². The number of anilines is 1. The zero-order valence-corrected chi connectivity index (χ0v) is 14.5. The van der Waals surface area contributed by atoms with Crippen molar-refractivity contribution < 1.29 is 26.4 Å². The third-order valence-corrected chi connectivity index (χ3v) is 6.60. The molecule has 1 unspecified atom stereocenters. The highest BCUT2D eigenvalue weighted by molar-refractivity contribution is 7.92. The van der Waals surface area contributed by atoms with Crippen molar-refractivity contribution in [1.29, 1.82) is 0 Å². The van der Waals surface area contributed by atoms with Gasteiger partial charge in [0.05, 0.1) is 15.7 Å². The Labute approximate surface area is 146 Å². The van der Waals surface area contributed by atoms with E-state index in [4.69, 9.17) is 0 Å². The van der Waals surface area contributed by atoms with Gasteiger partial charge >= 0.3 is 6.18 Å². The first-order valence-corrected chi connectivity index (χ1v) is 9.08. The third kappa shape index (κ3) is 2.93. The van der Waals surface area contributed by atoms with Crippen LogP contribution in [-0.4, -0.2) is 39.8 Å². The number of amides is 1. The van der Waals surface area contributed by atoms with E-state index < -0.39 is 37.6 Å². The second-order valence-corrected chi connectivity index (χ2v) is 8.24. The van der Waals surface area contributed by atoms with Gasteiger partial charge in [0, 0.05) is 12.6 Å². The lowest BCUT2D eigenvalue weighted by atomic mass is 9.97. The van der Waals surface area contributed by atoms with E-state index in [-0.39, 0.29) is 29.9 Å². The molecule has 0 spiro atoms. The highest BCUT2D eigenvalue weighted by Gasteiger charge is 2.43. The zero-order chi connectivity index (χ0) is 19.3. The fourth-order valence-corrected chi connectivity index (χ4v) is 4.72. The Balaban J connectivity index is 2.16. The van der Waals surface area contributed by atoms with Crippen molar-refractivity contribution in [3.63, 3.8) is 0 Å². The van der Waals surface area contributed by atoms with Gasteiger partial charge in [-0.15, -0.1) is 0 Å². The Morgan fingerprint density at radius 1 is 1.35 bits per heavy atom. The molecule has 1 atom stereocenters. The van der Waals surface area contributed by atoms with Crippen LogP contribution < -0.4 is 5.32 Å². The van der Waals surface area contributed by atoms with Gasteiger partial charge in [0.25, 0.3) is 5.91 Å². The standard InChI is InChI=1S/C14H14F3N5O3S/c1-7-3-4-8-9(12(23)18-13-19-20-21-22(13)2)5-6-10(14(15,16)17)11(8)26(7,24)25/h5-7H,3-4H2,1-2H3,(H,18,19,21,23). The first-order valence-electron chi connectivity index (χ1n) is 7.54. The number of aryl methyl sites for hydroxylation is 1. The van der Waals surface area contributed by atoms with Gasteiger partial charge in [-0.1, -0.05) is 5.10 Å². The molecule has 1 aromatic carbocycles.